The van der Waals surface area contributed by atoms with Crippen molar-refractivity contribution in [3.63, 3.8) is 0 Å². The van der Waals surface area contributed by atoms with Crippen molar-refractivity contribution in [3.8, 4) is 5.69 Å². The van der Waals surface area contributed by atoms with Crippen LogP contribution in [0.4, 0.5) is 11.4 Å². The first kappa shape index (κ1) is 24.3. The molecule has 1 N–H and O–H groups in total. The van der Waals surface area contributed by atoms with Gasteiger partial charge in [0.25, 0.3) is 0 Å². The Bertz CT molecular complexity index is 1410. The monoisotopic (exact) mass is 515 g/mol. The van der Waals surface area contributed by atoms with Gasteiger partial charge in [-0.15, -0.1) is 0 Å². The van der Waals surface area contributed by atoms with E-state index < -0.39 is 0 Å². The number of nitrogens with zero attached hydrogens (tertiary/aromatic N) is 4. The van der Waals surface area contributed by atoms with Gasteiger partial charge in [0.05, 0.1) is 17.8 Å². The lowest BCUT2D eigenvalue weighted by molar-refractivity contribution is 0.563. The molecule has 184 valence electrons. The number of thiocarbonyl (C=S) groups is 1. The van der Waals surface area contributed by atoms with E-state index in [0.717, 1.165) is 27.8 Å². The Hall–Kier alpha value is -3.35. The van der Waals surface area contributed by atoms with Crippen LogP contribution in [0.5, 0.6) is 0 Å². The number of benzene rings is 2. The maximum atomic E-state index is 6.37. The molecule has 1 aliphatic heterocycles. The Morgan fingerprint density at radius 2 is 1.67 bits per heavy atom. The van der Waals surface area contributed by atoms with E-state index in [1.807, 2.05) is 50.6 Å². The number of aromatic nitrogens is 2. The molecule has 36 heavy (non-hydrogen) atoms. The highest BCUT2D eigenvalue weighted by molar-refractivity contribution is 7.80. The van der Waals surface area contributed by atoms with Crippen molar-refractivity contribution in [3.05, 3.63) is 106 Å². The lowest BCUT2D eigenvalue weighted by Crippen LogP contribution is -2.29. The smallest absolute Gasteiger partial charge is 0.174 e. The number of nitrogens with one attached hydrogen (secondary N) is 1. The zero-order valence-electron chi connectivity index (χ0n) is 21.2. The highest BCUT2D eigenvalue weighted by Gasteiger charge is 2.43. The third kappa shape index (κ3) is 4.14. The van der Waals surface area contributed by atoms with Gasteiger partial charge in [-0.05, 0) is 93.1 Å². The van der Waals surface area contributed by atoms with E-state index in [2.05, 4.69) is 76.9 Å². The van der Waals surface area contributed by atoms with Crippen LogP contribution >= 0.6 is 23.8 Å². The topological polar surface area (TPSA) is 36.3 Å². The summed E-state index contributed by atoms with van der Waals surface area (Å²) in [7, 11) is 4.09. The van der Waals surface area contributed by atoms with Gasteiger partial charge in [-0.25, -0.2) is 0 Å². The number of hydrogen-bond acceptors (Lipinski definition) is 3. The predicted molar refractivity (Wildman–Crippen MR) is 154 cm³/mol. The number of hydrogen-bond donors (Lipinski definition) is 1. The highest BCUT2D eigenvalue weighted by atomic mass is 35.5. The zero-order chi connectivity index (χ0) is 25.6. The summed E-state index contributed by atoms with van der Waals surface area (Å²) in [6.07, 6.45) is 1.84. The van der Waals surface area contributed by atoms with Crippen molar-refractivity contribution in [1.82, 2.24) is 14.9 Å². The standard InChI is InChI=1S/C29H30ClN5S/c1-18-19(2)34(24-10-8-9-21(30)17-24)20(3)26(18)28-27(25-11-6-7-16-31-25)32-29(36)35(28)23-14-12-22(13-15-23)33(4)5/h6-17,27-28H,1-5H3,(H,32,36). The summed E-state index contributed by atoms with van der Waals surface area (Å²) in [5.41, 5.74) is 9.04. The second-order valence-electron chi connectivity index (χ2n) is 9.43. The first-order valence-corrected chi connectivity index (χ1v) is 12.8. The van der Waals surface area contributed by atoms with Crippen molar-refractivity contribution < 1.29 is 0 Å². The molecule has 2 unspecified atom stereocenters. The van der Waals surface area contributed by atoms with Crippen LogP contribution in [0.1, 0.15) is 40.3 Å². The lowest BCUT2D eigenvalue weighted by atomic mass is 9.93. The number of halogens is 1. The molecule has 0 amide bonds. The van der Waals surface area contributed by atoms with Gasteiger partial charge in [0, 0.05) is 59.3 Å². The van der Waals surface area contributed by atoms with Crippen molar-refractivity contribution >= 4 is 40.3 Å². The Morgan fingerprint density at radius 3 is 2.31 bits per heavy atom. The molecule has 5 rings (SSSR count). The molecular formula is C29H30ClN5S. The summed E-state index contributed by atoms with van der Waals surface area (Å²) in [5, 5.41) is 5.00. The Labute approximate surface area is 223 Å². The third-order valence-corrected chi connectivity index (χ3v) is 7.66. The van der Waals surface area contributed by atoms with Crippen molar-refractivity contribution in [2.24, 2.45) is 0 Å². The maximum Gasteiger partial charge on any atom is 0.174 e. The van der Waals surface area contributed by atoms with E-state index in [1.54, 1.807) is 0 Å². The van der Waals surface area contributed by atoms with Crippen LogP contribution < -0.4 is 15.1 Å². The fourth-order valence-electron chi connectivity index (χ4n) is 5.28. The van der Waals surface area contributed by atoms with Gasteiger partial charge in [0.2, 0.25) is 0 Å². The second kappa shape index (κ2) is 9.60. The van der Waals surface area contributed by atoms with Gasteiger partial charge in [-0.2, -0.15) is 0 Å². The van der Waals surface area contributed by atoms with E-state index >= 15 is 0 Å². The molecule has 0 spiro atoms. The zero-order valence-corrected chi connectivity index (χ0v) is 22.7. The van der Waals surface area contributed by atoms with Crippen LogP contribution in [0.15, 0.2) is 72.9 Å². The van der Waals surface area contributed by atoms with Gasteiger partial charge in [-0.1, -0.05) is 23.7 Å². The molecule has 7 heteroatoms. The number of anilines is 2. The van der Waals surface area contributed by atoms with E-state index in [0.29, 0.717) is 5.11 Å². The average molecular weight is 516 g/mol. The second-order valence-corrected chi connectivity index (χ2v) is 10.3. The minimum absolute atomic E-state index is 0.0725. The average Bonchev–Trinajstić information content (AvgIpc) is 3.31. The molecule has 2 aromatic heterocycles. The van der Waals surface area contributed by atoms with E-state index in [4.69, 9.17) is 28.8 Å². The normalized spacial score (nSPS) is 17.4. The van der Waals surface area contributed by atoms with Crippen LogP contribution in [0, 0.1) is 20.8 Å². The highest BCUT2D eigenvalue weighted by Crippen LogP contribution is 2.45. The van der Waals surface area contributed by atoms with Crippen LogP contribution in [0.3, 0.4) is 0 Å². The minimum atomic E-state index is -0.0979. The summed E-state index contributed by atoms with van der Waals surface area (Å²) in [5.74, 6) is 0. The number of pyridine rings is 1. The molecule has 0 saturated carbocycles. The molecule has 2 aromatic carbocycles. The van der Waals surface area contributed by atoms with Gasteiger partial charge < -0.3 is 19.7 Å². The first-order chi connectivity index (χ1) is 17.3. The summed E-state index contributed by atoms with van der Waals surface area (Å²) >= 11 is 12.3. The van der Waals surface area contributed by atoms with Gasteiger partial charge >= 0.3 is 0 Å². The molecule has 0 radical (unpaired) electrons. The first-order valence-electron chi connectivity index (χ1n) is 12.0. The summed E-state index contributed by atoms with van der Waals surface area (Å²) < 4.78 is 2.29. The predicted octanol–water partition coefficient (Wildman–Crippen LogP) is 6.69. The van der Waals surface area contributed by atoms with Crippen molar-refractivity contribution in [2.45, 2.75) is 32.9 Å². The minimum Gasteiger partial charge on any atom is -0.378 e. The summed E-state index contributed by atoms with van der Waals surface area (Å²) in [4.78, 5) is 9.05. The quantitative estimate of drug-likeness (QED) is 0.299. The molecule has 1 fully saturated rings. The molecule has 3 heterocycles. The molecule has 2 atom stereocenters. The van der Waals surface area contributed by atoms with Gasteiger partial charge in [-0.3, -0.25) is 4.98 Å². The lowest BCUT2D eigenvalue weighted by Gasteiger charge is -2.29. The Morgan fingerprint density at radius 1 is 0.917 bits per heavy atom. The van der Waals surface area contributed by atoms with Gasteiger partial charge in [0.15, 0.2) is 5.11 Å². The Kier molecular flexibility index (Phi) is 6.49. The molecule has 1 saturated heterocycles. The van der Waals surface area contributed by atoms with Gasteiger partial charge in [0.1, 0.15) is 0 Å². The maximum absolute atomic E-state index is 6.37. The molecule has 4 aromatic rings. The van der Waals surface area contributed by atoms with Crippen LogP contribution in [-0.4, -0.2) is 28.8 Å². The van der Waals surface area contributed by atoms with Crippen LogP contribution in [-0.2, 0) is 0 Å². The van der Waals surface area contributed by atoms with E-state index in [-0.39, 0.29) is 12.1 Å². The molecule has 0 bridgehead atoms. The summed E-state index contributed by atoms with van der Waals surface area (Å²) in [6, 6.07) is 22.4. The molecule has 5 nitrogen and oxygen atoms in total. The molecular weight excluding hydrogens is 486 g/mol. The van der Waals surface area contributed by atoms with E-state index in [1.165, 1.54) is 22.5 Å². The molecule has 1 aliphatic rings. The SMILES string of the molecule is Cc1c(C2C(c3ccccn3)NC(=S)N2c2ccc(N(C)C)cc2)c(C)n(-c2cccc(Cl)c2)c1C. The molecule has 0 aliphatic carbocycles. The Balaban J connectivity index is 1.70. The van der Waals surface area contributed by atoms with Crippen molar-refractivity contribution in [2.75, 3.05) is 23.9 Å². The third-order valence-electron chi connectivity index (χ3n) is 7.11. The fourth-order valence-corrected chi connectivity index (χ4v) is 5.81. The van der Waals surface area contributed by atoms with E-state index in [9.17, 15) is 0 Å². The van der Waals surface area contributed by atoms with Crippen molar-refractivity contribution in [1.29, 1.82) is 0 Å². The fraction of sp³-hybridized carbons (Fsp3) is 0.241. The summed E-state index contributed by atoms with van der Waals surface area (Å²) in [6.45, 7) is 6.54. The number of rotatable bonds is 5. The van der Waals surface area contributed by atoms with Crippen LogP contribution in [0.25, 0.3) is 5.69 Å². The van der Waals surface area contributed by atoms with Crippen LogP contribution in [0.2, 0.25) is 5.02 Å². The largest absolute Gasteiger partial charge is 0.378 e.